The number of rotatable bonds is 2. The van der Waals surface area contributed by atoms with Crippen molar-refractivity contribution in [3.63, 3.8) is 0 Å². The molecule has 1 aliphatic heterocycles. The topological polar surface area (TPSA) is 0 Å². The molecule has 112 valence electrons. The van der Waals surface area contributed by atoms with Crippen molar-refractivity contribution >= 4 is 26.5 Å². The maximum Gasteiger partial charge on any atom is 0.0387 e. The van der Waals surface area contributed by atoms with E-state index >= 15 is 0 Å². The fraction of sp³-hybridized carbons (Fsp3) is 0.300. The molecule has 3 rings (SSSR count). The summed E-state index contributed by atoms with van der Waals surface area (Å²) >= 11 is 0. The van der Waals surface area contributed by atoms with Gasteiger partial charge in [-0.1, -0.05) is 35.4 Å². The van der Waals surface area contributed by atoms with Crippen LogP contribution in [0.4, 0.5) is 0 Å². The van der Waals surface area contributed by atoms with E-state index in [0.717, 1.165) is 0 Å². The molecule has 2 aromatic rings. The molecule has 0 bridgehead atoms. The lowest BCUT2D eigenvalue weighted by atomic mass is 10.0. The Morgan fingerprint density at radius 2 is 0.773 bits per heavy atom. The summed E-state index contributed by atoms with van der Waals surface area (Å²) in [5, 5.41) is 3.12. The van der Waals surface area contributed by atoms with E-state index < -0.39 is 0 Å². The van der Waals surface area contributed by atoms with E-state index in [0.29, 0.717) is 0 Å². The molecule has 0 radical (unpaired) electrons. The first-order valence-electron chi connectivity index (χ1n) is 7.70. The first-order valence-corrected chi connectivity index (χ1v) is 9.49. The van der Waals surface area contributed by atoms with Crippen molar-refractivity contribution in [3.8, 4) is 0 Å². The molecule has 1 aliphatic rings. The van der Waals surface area contributed by atoms with Crippen LogP contribution in [0.5, 0.6) is 0 Å². The molecule has 0 N–H and O–H groups in total. The van der Waals surface area contributed by atoms with Crippen LogP contribution >= 0.6 is 16.4 Å². The van der Waals surface area contributed by atoms with E-state index in [1.165, 1.54) is 60.9 Å². The van der Waals surface area contributed by atoms with Gasteiger partial charge in [-0.2, -0.15) is 0 Å². The highest BCUT2D eigenvalue weighted by atomic mass is 31.1. The van der Waals surface area contributed by atoms with Crippen molar-refractivity contribution in [3.05, 3.63) is 68.8 Å². The van der Waals surface area contributed by atoms with E-state index in [1.54, 1.807) is 10.1 Å². The third-order valence-corrected chi connectivity index (χ3v) is 7.17. The highest BCUT2D eigenvalue weighted by molar-refractivity contribution is 7.99. The molecular formula is C20H22P2. The Morgan fingerprint density at radius 3 is 1.05 bits per heavy atom. The van der Waals surface area contributed by atoms with Crippen LogP contribution in [-0.4, -0.2) is 10.1 Å². The smallest absolute Gasteiger partial charge is 0.0387 e. The predicted molar refractivity (Wildman–Crippen MR) is 103 cm³/mol. The normalized spacial score (nSPS) is 15.0. The summed E-state index contributed by atoms with van der Waals surface area (Å²) in [6.07, 6.45) is 0. The van der Waals surface area contributed by atoms with Crippen molar-refractivity contribution in [2.75, 3.05) is 0 Å². The second-order valence-electron chi connectivity index (χ2n) is 6.42. The maximum atomic E-state index is 2.31. The van der Waals surface area contributed by atoms with Crippen molar-refractivity contribution in [1.82, 2.24) is 0 Å². The van der Waals surface area contributed by atoms with E-state index in [9.17, 15) is 0 Å². The first kappa shape index (κ1) is 15.7. The molecule has 0 saturated carbocycles. The van der Waals surface area contributed by atoms with Crippen LogP contribution in [0.2, 0.25) is 0 Å². The average molecular weight is 324 g/mol. The number of benzene rings is 2. The molecule has 0 aliphatic carbocycles. The standard InChI is InChI=1S/C20H22P2/c1-11-7-13(3)17(14(4)8-11)19-21-20(22-19)18-15(5)9-12(2)10-16(18)6/h7-10H,1-6H3. The SMILES string of the molecule is Cc1cc(C)c(C2=PC(c3c(C)cc(C)cc3C)=P2)c(C)c1. The Bertz CT molecular complexity index is 716. The Hall–Kier alpha value is -1.22. The highest BCUT2D eigenvalue weighted by Gasteiger charge is 2.20. The lowest BCUT2D eigenvalue weighted by Crippen LogP contribution is -2.09. The summed E-state index contributed by atoms with van der Waals surface area (Å²) in [4.78, 5) is 0. The molecule has 0 saturated heterocycles. The number of aryl methyl sites for hydroxylation is 6. The third kappa shape index (κ3) is 2.71. The van der Waals surface area contributed by atoms with Crippen molar-refractivity contribution in [2.24, 2.45) is 0 Å². The third-order valence-electron chi connectivity index (χ3n) is 4.22. The second-order valence-corrected chi connectivity index (χ2v) is 9.36. The van der Waals surface area contributed by atoms with Crippen LogP contribution in [0, 0.1) is 41.5 Å². The van der Waals surface area contributed by atoms with Gasteiger partial charge in [0.15, 0.2) is 0 Å². The van der Waals surface area contributed by atoms with Gasteiger partial charge in [0.25, 0.3) is 0 Å². The highest BCUT2D eigenvalue weighted by Crippen LogP contribution is 2.41. The molecule has 0 spiro atoms. The predicted octanol–water partition coefficient (Wildman–Crippen LogP) is 6.10. The van der Waals surface area contributed by atoms with Crippen LogP contribution < -0.4 is 0 Å². The van der Waals surface area contributed by atoms with Gasteiger partial charge in [0.05, 0.1) is 0 Å². The van der Waals surface area contributed by atoms with E-state index in [4.69, 9.17) is 0 Å². The molecule has 0 amide bonds. The van der Waals surface area contributed by atoms with Gasteiger partial charge >= 0.3 is 0 Å². The minimum atomic E-state index is 1.36. The molecule has 0 nitrogen and oxygen atoms in total. The molecular weight excluding hydrogens is 302 g/mol. The Kier molecular flexibility index (Phi) is 4.11. The van der Waals surface area contributed by atoms with Gasteiger partial charge in [0, 0.05) is 10.1 Å². The van der Waals surface area contributed by atoms with Crippen LogP contribution in [0.15, 0.2) is 24.3 Å². The molecule has 0 aromatic heterocycles. The zero-order valence-corrected chi connectivity index (χ0v) is 16.0. The van der Waals surface area contributed by atoms with Gasteiger partial charge in [-0.25, -0.2) is 0 Å². The van der Waals surface area contributed by atoms with Gasteiger partial charge in [0.2, 0.25) is 0 Å². The van der Waals surface area contributed by atoms with Crippen LogP contribution in [0.1, 0.15) is 44.5 Å². The van der Waals surface area contributed by atoms with Crippen molar-refractivity contribution in [2.45, 2.75) is 41.5 Å². The largest absolute Gasteiger partial charge is 0.0557 e. The van der Waals surface area contributed by atoms with Crippen LogP contribution in [0.25, 0.3) is 0 Å². The monoisotopic (exact) mass is 324 g/mol. The van der Waals surface area contributed by atoms with Crippen molar-refractivity contribution < 1.29 is 0 Å². The molecule has 0 atom stereocenters. The molecule has 22 heavy (non-hydrogen) atoms. The minimum Gasteiger partial charge on any atom is -0.0557 e. The van der Waals surface area contributed by atoms with Gasteiger partial charge in [-0.15, -0.1) is 0 Å². The second kappa shape index (κ2) is 5.77. The summed E-state index contributed by atoms with van der Waals surface area (Å²) < 4.78 is 0. The van der Waals surface area contributed by atoms with Gasteiger partial charge in [0.1, 0.15) is 0 Å². The summed E-state index contributed by atoms with van der Waals surface area (Å²) in [7, 11) is 2.83. The first-order chi connectivity index (χ1) is 10.4. The van der Waals surface area contributed by atoms with Crippen LogP contribution in [-0.2, 0) is 0 Å². The van der Waals surface area contributed by atoms with E-state index in [2.05, 4.69) is 65.8 Å². The maximum absolute atomic E-state index is 2.31. The summed E-state index contributed by atoms with van der Waals surface area (Å²) in [5.41, 5.74) is 11.4. The number of hydrogen-bond donors (Lipinski definition) is 0. The summed E-state index contributed by atoms with van der Waals surface area (Å²) in [5.74, 6) is 0. The van der Waals surface area contributed by atoms with E-state index in [-0.39, 0.29) is 0 Å². The molecule has 2 aromatic carbocycles. The minimum absolute atomic E-state index is 1.36. The molecule has 0 fully saturated rings. The molecule has 1 heterocycles. The van der Waals surface area contributed by atoms with Crippen molar-refractivity contribution in [1.29, 1.82) is 0 Å². The average Bonchev–Trinajstić information content (AvgIpc) is 2.32. The zero-order chi connectivity index (χ0) is 16.0. The lowest BCUT2D eigenvalue weighted by molar-refractivity contribution is 1.31. The summed E-state index contributed by atoms with van der Waals surface area (Å²) in [6, 6.07) is 9.23. The Labute approximate surface area is 137 Å². The van der Waals surface area contributed by atoms with Gasteiger partial charge in [-0.05, 0) is 91.3 Å². The fourth-order valence-electron chi connectivity index (χ4n) is 3.49. The number of hydrogen-bond acceptors (Lipinski definition) is 0. The Morgan fingerprint density at radius 1 is 0.500 bits per heavy atom. The van der Waals surface area contributed by atoms with Gasteiger partial charge < -0.3 is 0 Å². The zero-order valence-electron chi connectivity index (χ0n) is 14.2. The van der Waals surface area contributed by atoms with Crippen LogP contribution in [0.3, 0.4) is 0 Å². The summed E-state index contributed by atoms with van der Waals surface area (Å²) in [6.45, 7) is 13.3. The van der Waals surface area contributed by atoms with E-state index in [1.807, 2.05) is 0 Å². The van der Waals surface area contributed by atoms with Gasteiger partial charge in [-0.3, -0.25) is 0 Å². The Balaban J connectivity index is 1.98. The lowest BCUT2D eigenvalue weighted by Gasteiger charge is -2.21. The molecule has 2 heteroatoms. The molecule has 0 unspecified atom stereocenters. The fourth-order valence-corrected chi connectivity index (χ4v) is 6.66. The quantitative estimate of drug-likeness (QED) is 0.586.